The summed E-state index contributed by atoms with van der Waals surface area (Å²) >= 11 is 0. The molecule has 0 N–H and O–H groups in total. The van der Waals surface area contributed by atoms with E-state index in [1.165, 1.54) is 30.9 Å². The summed E-state index contributed by atoms with van der Waals surface area (Å²) in [4.78, 5) is 0. The first kappa shape index (κ1) is 9.33. The number of rotatable bonds is 1. The Balaban J connectivity index is 1.91. The number of aromatic nitrogens is 3. The fraction of sp³-hybridized carbons (Fsp3) is 0.818. The van der Waals surface area contributed by atoms with E-state index < -0.39 is 0 Å². The Hall–Kier alpha value is -0.900. The van der Waals surface area contributed by atoms with E-state index in [2.05, 4.69) is 14.8 Å². The van der Waals surface area contributed by atoms with Crippen LogP contribution in [0, 0.1) is 0 Å². The molecule has 0 radical (unpaired) electrons. The standard InChI is InChI=1S/C11H17N3O/c1-2-4-10-12-13-11(14(10)6-3-1)9-5-7-15-8-9/h9H,1-8H2. The molecule has 1 saturated heterocycles. The number of ether oxygens (including phenoxy) is 1. The summed E-state index contributed by atoms with van der Waals surface area (Å²) in [6.07, 6.45) is 6.06. The molecule has 2 aliphatic heterocycles. The lowest BCUT2D eigenvalue weighted by Crippen LogP contribution is -2.10. The lowest BCUT2D eigenvalue weighted by atomic mass is 10.1. The SMILES string of the molecule is C1CCc2nnc(C3CCOC3)n2CC1. The number of hydrogen-bond donors (Lipinski definition) is 0. The molecule has 2 aliphatic rings. The van der Waals surface area contributed by atoms with E-state index in [4.69, 9.17) is 4.74 Å². The zero-order chi connectivity index (χ0) is 10.1. The second-order valence-electron chi connectivity index (χ2n) is 4.50. The first-order valence-corrected chi connectivity index (χ1v) is 5.95. The number of aryl methyl sites for hydroxylation is 1. The third kappa shape index (κ3) is 1.67. The quantitative estimate of drug-likeness (QED) is 0.700. The maximum atomic E-state index is 5.42. The lowest BCUT2D eigenvalue weighted by Gasteiger charge is -2.10. The van der Waals surface area contributed by atoms with Crippen LogP contribution in [-0.4, -0.2) is 28.0 Å². The molecule has 0 aromatic carbocycles. The fourth-order valence-electron chi connectivity index (χ4n) is 2.55. The third-order valence-corrected chi connectivity index (χ3v) is 3.43. The first-order valence-electron chi connectivity index (χ1n) is 5.95. The van der Waals surface area contributed by atoms with Gasteiger partial charge in [0, 0.05) is 25.5 Å². The Kier molecular flexibility index (Phi) is 2.44. The van der Waals surface area contributed by atoms with Crippen molar-refractivity contribution in [2.24, 2.45) is 0 Å². The minimum absolute atomic E-state index is 0.490. The van der Waals surface area contributed by atoms with Gasteiger partial charge < -0.3 is 9.30 Å². The van der Waals surface area contributed by atoms with Crippen molar-refractivity contribution in [3.05, 3.63) is 11.6 Å². The minimum atomic E-state index is 0.490. The summed E-state index contributed by atoms with van der Waals surface area (Å²) in [7, 11) is 0. The molecule has 0 aliphatic carbocycles. The van der Waals surface area contributed by atoms with E-state index in [0.29, 0.717) is 5.92 Å². The van der Waals surface area contributed by atoms with E-state index in [1.807, 2.05) is 0 Å². The normalized spacial score (nSPS) is 26.3. The highest BCUT2D eigenvalue weighted by Gasteiger charge is 2.25. The maximum absolute atomic E-state index is 5.42. The Morgan fingerprint density at radius 3 is 3.07 bits per heavy atom. The van der Waals surface area contributed by atoms with Crippen LogP contribution in [0.25, 0.3) is 0 Å². The highest BCUT2D eigenvalue weighted by Crippen LogP contribution is 2.26. The number of nitrogens with zero attached hydrogens (tertiary/aromatic N) is 3. The van der Waals surface area contributed by atoms with Crippen LogP contribution >= 0.6 is 0 Å². The second-order valence-corrected chi connectivity index (χ2v) is 4.50. The van der Waals surface area contributed by atoms with Crippen molar-refractivity contribution in [2.75, 3.05) is 13.2 Å². The first-order chi connectivity index (χ1) is 7.45. The van der Waals surface area contributed by atoms with E-state index in [9.17, 15) is 0 Å². The molecule has 1 atom stereocenters. The molecule has 0 saturated carbocycles. The highest BCUT2D eigenvalue weighted by molar-refractivity contribution is 5.04. The van der Waals surface area contributed by atoms with Crippen molar-refractivity contribution >= 4 is 0 Å². The van der Waals surface area contributed by atoms with E-state index in [0.717, 1.165) is 32.6 Å². The van der Waals surface area contributed by atoms with Gasteiger partial charge in [0.25, 0.3) is 0 Å². The molecule has 1 fully saturated rings. The molecule has 1 aromatic rings. The maximum Gasteiger partial charge on any atom is 0.138 e. The van der Waals surface area contributed by atoms with Gasteiger partial charge >= 0.3 is 0 Å². The molecule has 82 valence electrons. The van der Waals surface area contributed by atoms with Gasteiger partial charge in [0.05, 0.1) is 6.61 Å². The van der Waals surface area contributed by atoms with Crippen LogP contribution in [0.15, 0.2) is 0 Å². The third-order valence-electron chi connectivity index (χ3n) is 3.43. The summed E-state index contributed by atoms with van der Waals surface area (Å²) < 4.78 is 7.76. The lowest BCUT2D eigenvalue weighted by molar-refractivity contribution is 0.192. The molecular formula is C11H17N3O. The van der Waals surface area contributed by atoms with Crippen LogP contribution in [-0.2, 0) is 17.7 Å². The molecule has 0 amide bonds. The van der Waals surface area contributed by atoms with Crippen LogP contribution in [0.5, 0.6) is 0 Å². The molecular weight excluding hydrogens is 190 g/mol. The van der Waals surface area contributed by atoms with Gasteiger partial charge in [-0.25, -0.2) is 0 Å². The molecule has 15 heavy (non-hydrogen) atoms. The van der Waals surface area contributed by atoms with Gasteiger partial charge in [0.1, 0.15) is 11.6 Å². The van der Waals surface area contributed by atoms with Crippen molar-refractivity contribution in [3.8, 4) is 0 Å². The predicted molar refractivity (Wildman–Crippen MR) is 55.8 cm³/mol. The predicted octanol–water partition coefficient (Wildman–Crippen LogP) is 1.51. The molecule has 1 unspecified atom stereocenters. The van der Waals surface area contributed by atoms with Crippen LogP contribution in [0.4, 0.5) is 0 Å². The van der Waals surface area contributed by atoms with Crippen molar-refractivity contribution < 1.29 is 4.74 Å². The largest absolute Gasteiger partial charge is 0.381 e. The van der Waals surface area contributed by atoms with Crippen molar-refractivity contribution in [2.45, 2.75) is 44.6 Å². The van der Waals surface area contributed by atoms with Crippen molar-refractivity contribution in [1.29, 1.82) is 0 Å². The van der Waals surface area contributed by atoms with Gasteiger partial charge in [-0.3, -0.25) is 0 Å². The molecule has 0 spiro atoms. The molecule has 4 heteroatoms. The van der Waals surface area contributed by atoms with Crippen LogP contribution < -0.4 is 0 Å². The number of hydrogen-bond acceptors (Lipinski definition) is 3. The Morgan fingerprint density at radius 2 is 2.20 bits per heavy atom. The van der Waals surface area contributed by atoms with E-state index >= 15 is 0 Å². The van der Waals surface area contributed by atoms with Gasteiger partial charge in [-0.2, -0.15) is 0 Å². The summed E-state index contributed by atoms with van der Waals surface area (Å²) in [5.41, 5.74) is 0. The van der Waals surface area contributed by atoms with Crippen LogP contribution in [0.1, 0.15) is 43.3 Å². The van der Waals surface area contributed by atoms with E-state index in [1.54, 1.807) is 0 Å². The van der Waals surface area contributed by atoms with Gasteiger partial charge in [-0.1, -0.05) is 6.42 Å². The average Bonchev–Trinajstić information content (AvgIpc) is 2.83. The second kappa shape index (κ2) is 3.93. The fourth-order valence-corrected chi connectivity index (χ4v) is 2.55. The van der Waals surface area contributed by atoms with Gasteiger partial charge in [0.15, 0.2) is 0 Å². The minimum Gasteiger partial charge on any atom is -0.381 e. The molecule has 3 heterocycles. The Bertz CT molecular complexity index is 342. The number of fused-ring (bicyclic) bond motifs is 1. The van der Waals surface area contributed by atoms with Gasteiger partial charge in [0.2, 0.25) is 0 Å². The Labute approximate surface area is 89.6 Å². The molecule has 1 aromatic heterocycles. The molecule has 3 rings (SSSR count). The van der Waals surface area contributed by atoms with Gasteiger partial charge in [-0.05, 0) is 19.3 Å². The zero-order valence-electron chi connectivity index (χ0n) is 8.98. The monoisotopic (exact) mass is 207 g/mol. The molecule has 4 nitrogen and oxygen atoms in total. The van der Waals surface area contributed by atoms with E-state index in [-0.39, 0.29) is 0 Å². The summed E-state index contributed by atoms with van der Waals surface area (Å²) in [5.74, 6) is 2.85. The topological polar surface area (TPSA) is 39.9 Å². The zero-order valence-corrected chi connectivity index (χ0v) is 8.98. The van der Waals surface area contributed by atoms with Crippen LogP contribution in [0.2, 0.25) is 0 Å². The van der Waals surface area contributed by atoms with Crippen molar-refractivity contribution in [1.82, 2.24) is 14.8 Å². The summed E-state index contributed by atoms with van der Waals surface area (Å²) in [6.45, 7) is 2.82. The summed E-state index contributed by atoms with van der Waals surface area (Å²) in [6, 6.07) is 0. The van der Waals surface area contributed by atoms with Crippen molar-refractivity contribution in [3.63, 3.8) is 0 Å². The van der Waals surface area contributed by atoms with Crippen LogP contribution in [0.3, 0.4) is 0 Å². The summed E-state index contributed by atoms with van der Waals surface area (Å²) in [5, 5.41) is 8.67. The average molecular weight is 207 g/mol. The molecule has 0 bridgehead atoms. The highest BCUT2D eigenvalue weighted by atomic mass is 16.5. The van der Waals surface area contributed by atoms with Gasteiger partial charge in [-0.15, -0.1) is 10.2 Å². The smallest absolute Gasteiger partial charge is 0.138 e. The Morgan fingerprint density at radius 1 is 1.20 bits per heavy atom.